The van der Waals surface area contributed by atoms with Crippen LogP contribution in [0.4, 0.5) is 0 Å². The van der Waals surface area contributed by atoms with Gasteiger partial charge in [0.2, 0.25) is 0 Å². The van der Waals surface area contributed by atoms with Crippen molar-refractivity contribution in [3.8, 4) is 0 Å². The molecule has 0 radical (unpaired) electrons. The van der Waals surface area contributed by atoms with Crippen molar-refractivity contribution < 1.29 is 14.4 Å². The Bertz CT molecular complexity index is 664. The van der Waals surface area contributed by atoms with Crippen LogP contribution in [-0.4, -0.2) is 38.6 Å². The Kier molecular flexibility index (Phi) is 4.76. The molecule has 1 aliphatic rings. The molecule has 2 aromatic heterocycles. The molecule has 2 atom stereocenters. The van der Waals surface area contributed by atoms with Gasteiger partial charge in [0.15, 0.2) is 11.5 Å². The zero-order chi connectivity index (χ0) is 16.2. The molecular weight excluding hydrogens is 296 g/mol. The first kappa shape index (κ1) is 15.7. The van der Waals surface area contributed by atoms with Gasteiger partial charge in [0.25, 0.3) is 5.91 Å². The van der Waals surface area contributed by atoms with Gasteiger partial charge in [-0.1, -0.05) is 18.0 Å². The van der Waals surface area contributed by atoms with Gasteiger partial charge in [-0.25, -0.2) is 0 Å². The molecule has 1 aliphatic carbocycles. The molecule has 7 nitrogen and oxygen atoms in total. The summed E-state index contributed by atoms with van der Waals surface area (Å²) in [5, 5.41) is 20.4. The lowest BCUT2D eigenvalue weighted by Crippen LogP contribution is -2.43. The van der Waals surface area contributed by atoms with Crippen molar-refractivity contribution in [3.63, 3.8) is 0 Å². The summed E-state index contributed by atoms with van der Waals surface area (Å²) in [6.07, 6.45) is 7.69. The van der Waals surface area contributed by atoms with E-state index < -0.39 is 0 Å². The number of nitrogens with zero attached hydrogens (tertiary/aromatic N) is 3. The van der Waals surface area contributed by atoms with Crippen LogP contribution in [-0.2, 0) is 6.54 Å². The number of carbonyl (C=O) groups excluding carboxylic acids is 1. The Labute approximate surface area is 134 Å². The number of hydrogen-bond acceptors (Lipinski definition) is 5. The van der Waals surface area contributed by atoms with Crippen molar-refractivity contribution in [2.75, 3.05) is 6.61 Å². The molecule has 0 bridgehead atoms. The van der Waals surface area contributed by atoms with Crippen LogP contribution in [0.15, 0.2) is 23.0 Å². The zero-order valence-electron chi connectivity index (χ0n) is 13.2. The summed E-state index contributed by atoms with van der Waals surface area (Å²) in [5.74, 6) is 0.466. The standard InChI is InChI=1S/C16H22N4O3/c1-11-7-17-20(8-11)9-13-6-15(19-23-13)16(22)18-14-5-3-2-4-12(14)10-21/h6-8,12,14,21H,2-5,9-10H2,1H3,(H,18,22). The van der Waals surface area contributed by atoms with Crippen LogP contribution in [0.1, 0.15) is 47.5 Å². The fraction of sp³-hybridized carbons (Fsp3) is 0.562. The van der Waals surface area contributed by atoms with Gasteiger partial charge in [-0.15, -0.1) is 0 Å². The maximum Gasteiger partial charge on any atom is 0.273 e. The van der Waals surface area contributed by atoms with Crippen LogP contribution >= 0.6 is 0 Å². The third-order valence-electron chi connectivity index (χ3n) is 4.33. The molecule has 2 unspecified atom stereocenters. The molecule has 2 aromatic rings. The third-order valence-corrected chi connectivity index (χ3v) is 4.33. The molecular formula is C16H22N4O3. The molecule has 0 spiro atoms. The SMILES string of the molecule is Cc1cnn(Cc2cc(C(=O)NC3CCCCC3CO)no2)c1. The summed E-state index contributed by atoms with van der Waals surface area (Å²) in [7, 11) is 0. The zero-order valence-corrected chi connectivity index (χ0v) is 13.2. The normalized spacial score (nSPS) is 21.3. The monoisotopic (exact) mass is 318 g/mol. The summed E-state index contributed by atoms with van der Waals surface area (Å²) < 4.78 is 6.96. The lowest BCUT2D eigenvalue weighted by atomic mass is 9.85. The average Bonchev–Trinajstić information content (AvgIpc) is 3.17. The summed E-state index contributed by atoms with van der Waals surface area (Å²) in [4.78, 5) is 12.3. The molecule has 0 aliphatic heterocycles. The molecule has 1 fully saturated rings. The number of amides is 1. The number of carbonyl (C=O) groups is 1. The highest BCUT2D eigenvalue weighted by atomic mass is 16.5. The molecule has 7 heteroatoms. The van der Waals surface area contributed by atoms with Gasteiger partial charge < -0.3 is 14.9 Å². The van der Waals surface area contributed by atoms with Gasteiger partial charge in [-0.2, -0.15) is 5.10 Å². The number of hydrogen-bond donors (Lipinski definition) is 2. The topological polar surface area (TPSA) is 93.2 Å². The lowest BCUT2D eigenvalue weighted by Gasteiger charge is -2.30. The van der Waals surface area contributed by atoms with Crippen molar-refractivity contribution in [2.45, 2.75) is 45.2 Å². The lowest BCUT2D eigenvalue weighted by molar-refractivity contribution is 0.0863. The summed E-state index contributed by atoms with van der Waals surface area (Å²) in [6.45, 7) is 2.51. The van der Waals surface area contributed by atoms with E-state index in [4.69, 9.17) is 4.52 Å². The Morgan fingerprint density at radius 2 is 2.30 bits per heavy atom. The van der Waals surface area contributed by atoms with Crippen LogP contribution in [0, 0.1) is 12.8 Å². The van der Waals surface area contributed by atoms with E-state index in [-0.39, 0.29) is 30.2 Å². The Morgan fingerprint density at radius 3 is 3.04 bits per heavy atom. The molecule has 1 amide bonds. The van der Waals surface area contributed by atoms with Crippen molar-refractivity contribution in [3.05, 3.63) is 35.5 Å². The Morgan fingerprint density at radius 1 is 1.48 bits per heavy atom. The summed E-state index contributed by atoms with van der Waals surface area (Å²) >= 11 is 0. The van der Waals surface area contributed by atoms with Gasteiger partial charge in [-0.3, -0.25) is 9.48 Å². The van der Waals surface area contributed by atoms with Crippen LogP contribution in [0.25, 0.3) is 0 Å². The first-order valence-electron chi connectivity index (χ1n) is 8.02. The number of rotatable bonds is 5. The van der Waals surface area contributed by atoms with E-state index in [1.807, 2.05) is 13.1 Å². The van der Waals surface area contributed by atoms with E-state index in [0.29, 0.717) is 12.3 Å². The number of aliphatic hydroxyl groups excluding tert-OH is 1. The Balaban J connectivity index is 1.61. The molecule has 124 valence electrons. The van der Waals surface area contributed by atoms with Crippen LogP contribution in [0.2, 0.25) is 0 Å². The van der Waals surface area contributed by atoms with Crippen molar-refractivity contribution in [2.24, 2.45) is 5.92 Å². The molecule has 23 heavy (non-hydrogen) atoms. The second-order valence-corrected chi connectivity index (χ2v) is 6.20. The fourth-order valence-electron chi connectivity index (χ4n) is 3.07. The van der Waals surface area contributed by atoms with E-state index >= 15 is 0 Å². The number of aromatic nitrogens is 3. The highest BCUT2D eigenvalue weighted by molar-refractivity contribution is 5.92. The van der Waals surface area contributed by atoms with E-state index in [2.05, 4.69) is 15.6 Å². The quantitative estimate of drug-likeness (QED) is 0.871. The van der Waals surface area contributed by atoms with Gasteiger partial charge in [0, 0.05) is 30.8 Å². The van der Waals surface area contributed by atoms with E-state index in [9.17, 15) is 9.90 Å². The molecule has 0 aromatic carbocycles. The molecule has 2 heterocycles. The Hall–Kier alpha value is -2.15. The molecule has 1 saturated carbocycles. The minimum absolute atomic E-state index is 0.00941. The summed E-state index contributed by atoms with van der Waals surface area (Å²) in [5.41, 5.74) is 1.33. The minimum atomic E-state index is -0.248. The fourth-order valence-corrected chi connectivity index (χ4v) is 3.07. The van der Waals surface area contributed by atoms with Gasteiger partial charge in [-0.05, 0) is 25.3 Å². The summed E-state index contributed by atoms with van der Waals surface area (Å²) in [6, 6.07) is 1.65. The predicted molar refractivity (Wildman–Crippen MR) is 82.9 cm³/mol. The second kappa shape index (κ2) is 6.95. The molecule has 3 rings (SSSR count). The smallest absolute Gasteiger partial charge is 0.273 e. The minimum Gasteiger partial charge on any atom is -0.396 e. The van der Waals surface area contributed by atoms with Crippen LogP contribution < -0.4 is 5.32 Å². The maximum atomic E-state index is 12.3. The van der Waals surface area contributed by atoms with Crippen LogP contribution in [0.3, 0.4) is 0 Å². The van der Waals surface area contributed by atoms with Gasteiger partial charge in [0.1, 0.15) is 6.54 Å². The van der Waals surface area contributed by atoms with E-state index in [1.54, 1.807) is 16.9 Å². The van der Waals surface area contributed by atoms with E-state index in [1.165, 1.54) is 0 Å². The highest BCUT2D eigenvalue weighted by Crippen LogP contribution is 2.24. The van der Waals surface area contributed by atoms with Crippen molar-refractivity contribution >= 4 is 5.91 Å². The van der Waals surface area contributed by atoms with Gasteiger partial charge in [0.05, 0.1) is 6.20 Å². The predicted octanol–water partition coefficient (Wildman–Crippen LogP) is 1.51. The maximum absolute atomic E-state index is 12.3. The largest absolute Gasteiger partial charge is 0.396 e. The third kappa shape index (κ3) is 3.79. The second-order valence-electron chi connectivity index (χ2n) is 6.20. The van der Waals surface area contributed by atoms with Crippen molar-refractivity contribution in [1.82, 2.24) is 20.3 Å². The first-order valence-corrected chi connectivity index (χ1v) is 8.02. The van der Waals surface area contributed by atoms with Crippen molar-refractivity contribution in [1.29, 1.82) is 0 Å². The average molecular weight is 318 g/mol. The van der Waals surface area contributed by atoms with Gasteiger partial charge >= 0.3 is 0 Å². The first-order chi connectivity index (χ1) is 11.2. The van der Waals surface area contributed by atoms with E-state index in [0.717, 1.165) is 31.2 Å². The number of aliphatic hydroxyl groups is 1. The molecule has 2 N–H and O–H groups in total. The number of nitrogens with one attached hydrogen (secondary N) is 1. The highest BCUT2D eigenvalue weighted by Gasteiger charge is 2.27. The van der Waals surface area contributed by atoms with Crippen LogP contribution in [0.5, 0.6) is 0 Å². The molecule has 0 saturated heterocycles. The number of aryl methyl sites for hydroxylation is 1.